The zero-order valence-electron chi connectivity index (χ0n) is 15.1. The Morgan fingerprint density at radius 2 is 1.71 bits per heavy atom. The van der Waals surface area contributed by atoms with Crippen LogP contribution in [-0.4, -0.2) is 15.9 Å². The van der Waals surface area contributed by atoms with Crippen LogP contribution in [0.4, 0.5) is 0 Å². The van der Waals surface area contributed by atoms with Crippen molar-refractivity contribution in [2.75, 3.05) is 0 Å². The van der Waals surface area contributed by atoms with Crippen molar-refractivity contribution < 1.29 is 13.9 Å². The van der Waals surface area contributed by atoms with E-state index in [0.29, 0.717) is 18.1 Å². The second-order valence-corrected chi connectivity index (χ2v) is 7.01. The van der Waals surface area contributed by atoms with Gasteiger partial charge in [0.2, 0.25) is 0 Å². The number of aryl methyl sites for hydroxylation is 1. The lowest BCUT2D eigenvalue weighted by Crippen LogP contribution is -2.06. The molecule has 0 unspecified atom stereocenters. The predicted octanol–water partition coefficient (Wildman–Crippen LogP) is 5.14. The normalized spacial score (nSPS) is 10.7. The summed E-state index contributed by atoms with van der Waals surface area (Å²) in [6.45, 7) is 0.170. The SMILES string of the molecule is O=C(CCc1ncc(-c2ccccc2)o1)OCc1csc(-c2ccccc2)n1. The number of thiazole rings is 1. The van der Waals surface area contributed by atoms with Crippen molar-refractivity contribution in [2.45, 2.75) is 19.4 Å². The molecule has 2 heterocycles. The Morgan fingerprint density at radius 1 is 1.00 bits per heavy atom. The Kier molecular flexibility index (Phi) is 5.58. The molecule has 140 valence electrons. The molecule has 6 heteroatoms. The van der Waals surface area contributed by atoms with E-state index in [1.165, 1.54) is 11.3 Å². The highest BCUT2D eigenvalue weighted by molar-refractivity contribution is 7.13. The summed E-state index contributed by atoms with van der Waals surface area (Å²) < 4.78 is 11.0. The lowest BCUT2D eigenvalue weighted by Gasteiger charge is -2.01. The molecule has 5 nitrogen and oxygen atoms in total. The molecule has 0 spiro atoms. The maximum Gasteiger partial charge on any atom is 0.306 e. The fraction of sp³-hybridized carbons (Fsp3) is 0.136. The average molecular weight is 390 g/mol. The zero-order valence-corrected chi connectivity index (χ0v) is 15.9. The predicted molar refractivity (Wildman–Crippen MR) is 108 cm³/mol. The van der Waals surface area contributed by atoms with Gasteiger partial charge in [-0.3, -0.25) is 4.79 Å². The van der Waals surface area contributed by atoms with Gasteiger partial charge in [-0.25, -0.2) is 9.97 Å². The lowest BCUT2D eigenvalue weighted by molar-refractivity contribution is -0.145. The van der Waals surface area contributed by atoms with E-state index in [4.69, 9.17) is 9.15 Å². The van der Waals surface area contributed by atoms with E-state index in [1.807, 2.05) is 66.0 Å². The van der Waals surface area contributed by atoms with Gasteiger partial charge in [-0.2, -0.15) is 0 Å². The number of aromatic nitrogens is 2. The minimum atomic E-state index is -0.297. The van der Waals surface area contributed by atoms with Crippen molar-refractivity contribution in [2.24, 2.45) is 0 Å². The van der Waals surface area contributed by atoms with Crippen LogP contribution in [0.15, 0.2) is 76.7 Å². The number of hydrogen-bond acceptors (Lipinski definition) is 6. The number of benzene rings is 2. The van der Waals surface area contributed by atoms with Crippen molar-refractivity contribution >= 4 is 17.3 Å². The summed E-state index contributed by atoms with van der Waals surface area (Å²) in [4.78, 5) is 20.8. The molecule has 0 saturated heterocycles. The highest BCUT2D eigenvalue weighted by Crippen LogP contribution is 2.24. The third-order valence-electron chi connectivity index (χ3n) is 4.11. The van der Waals surface area contributed by atoms with Gasteiger partial charge in [-0.1, -0.05) is 60.7 Å². The van der Waals surface area contributed by atoms with Gasteiger partial charge < -0.3 is 9.15 Å². The maximum atomic E-state index is 12.0. The second-order valence-electron chi connectivity index (χ2n) is 6.15. The molecule has 0 fully saturated rings. The molecule has 0 bridgehead atoms. The summed E-state index contributed by atoms with van der Waals surface area (Å²) in [5.74, 6) is 0.921. The molecule has 0 radical (unpaired) electrons. The summed E-state index contributed by atoms with van der Waals surface area (Å²) in [7, 11) is 0. The van der Waals surface area contributed by atoms with Gasteiger partial charge in [0.15, 0.2) is 11.7 Å². The summed E-state index contributed by atoms with van der Waals surface area (Å²) in [6, 6.07) is 19.7. The van der Waals surface area contributed by atoms with E-state index in [1.54, 1.807) is 6.20 Å². The summed E-state index contributed by atoms with van der Waals surface area (Å²) in [5, 5.41) is 2.83. The number of rotatable bonds is 7. The van der Waals surface area contributed by atoms with Gasteiger partial charge in [-0.15, -0.1) is 11.3 Å². The van der Waals surface area contributed by atoms with Crippen LogP contribution in [0, 0.1) is 0 Å². The second kappa shape index (κ2) is 8.63. The van der Waals surface area contributed by atoms with Crippen LogP contribution >= 0.6 is 11.3 Å². The third-order valence-corrected chi connectivity index (χ3v) is 5.05. The fourth-order valence-corrected chi connectivity index (χ4v) is 3.49. The number of nitrogens with zero attached hydrogens (tertiary/aromatic N) is 2. The van der Waals surface area contributed by atoms with E-state index in [-0.39, 0.29) is 19.0 Å². The Morgan fingerprint density at radius 3 is 2.46 bits per heavy atom. The molecule has 2 aromatic heterocycles. The maximum absolute atomic E-state index is 12.0. The monoisotopic (exact) mass is 390 g/mol. The lowest BCUT2D eigenvalue weighted by atomic mass is 10.2. The Bertz CT molecular complexity index is 958. The standard InChI is InChI=1S/C22H18N2O3S/c25-21(12-11-20-23-13-19(27-20)16-7-3-1-4-8-16)26-14-18-15-28-22(24-18)17-9-5-2-6-10-17/h1-10,13,15H,11-12,14H2. The Labute approximate surface area is 166 Å². The molecular formula is C22H18N2O3S. The Hall–Kier alpha value is -3.25. The molecular weight excluding hydrogens is 372 g/mol. The molecule has 4 rings (SSSR count). The van der Waals surface area contributed by atoms with Crippen molar-refractivity contribution in [3.63, 3.8) is 0 Å². The number of esters is 1. The molecule has 2 aromatic carbocycles. The van der Waals surface area contributed by atoms with Crippen molar-refractivity contribution in [3.8, 4) is 21.9 Å². The summed E-state index contributed by atoms with van der Waals surface area (Å²) >= 11 is 1.54. The topological polar surface area (TPSA) is 65.2 Å². The first-order valence-corrected chi connectivity index (χ1v) is 9.81. The van der Waals surface area contributed by atoms with Crippen LogP contribution in [0.3, 0.4) is 0 Å². The highest BCUT2D eigenvalue weighted by Gasteiger charge is 2.11. The highest BCUT2D eigenvalue weighted by atomic mass is 32.1. The average Bonchev–Trinajstić information content (AvgIpc) is 3.42. The fourth-order valence-electron chi connectivity index (χ4n) is 2.68. The van der Waals surface area contributed by atoms with Gasteiger partial charge in [-0.05, 0) is 0 Å². The van der Waals surface area contributed by atoms with E-state index in [9.17, 15) is 4.79 Å². The zero-order chi connectivity index (χ0) is 19.2. The van der Waals surface area contributed by atoms with Gasteiger partial charge in [0, 0.05) is 22.9 Å². The van der Waals surface area contributed by atoms with E-state index < -0.39 is 0 Å². The van der Waals surface area contributed by atoms with Crippen LogP contribution < -0.4 is 0 Å². The first-order chi connectivity index (χ1) is 13.8. The minimum Gasteiger partial charge on any atom is -0.459 e. The summed E-state index contributed by atoms with van der Waals surface area (Å²) in [6.07, 6.45) is 2.29. The quantitative estimate of drug-likeness (QED) is 0.409. The third kappa shape index (κ3) is 4.53. The molecule has 28 heavy (non-hydrogen) atoms. The van der Waals surface area contributed by atoms with Gasteiger partial charge in [0.25, 0.3) is 0 Å². The van der Waals surface area contributed by atoms with Gasteiger partial charge in [0.05, 0.1) is 18.3 Å². The molecule has 0 atom stereocenters. The first-order valence-electron chi connectivity index (χ1n) is 8.93. The van der Waals surface area contributed by atoms with Gasteiger partial charge >= 0.3 is 5.97 Å². The number of carbonyl (C=O) groups excluding carboxylic acids is 1. The molecule has 0 aliphatic heterocycles. The summed E-state index contributed by atoms with van der Waals surface area (Å²) in [5.41, 5.74) is 2.77. The van der Waals surface area contributed by atoms with E-state index >= 15 is 0 Å². The number of carbonyl (C=O) groups is 1. The molecule has 4 aromatic rings. The van der Waals surface area contributed by atoms with Crippen molar-refractivity contribution in [1.82, 2.24) is 9.97 Å². The van der Waals surface area contributed by atoms with Crippen LogP contribution in [0.2, 0.25) is 0 Å². The molecule has 0 saturated carbocycles. The van der Waals surface area contributed by atoms with Crippen LogP contribution in [0.5, 0.6) is 0 Å². The van der Waals surface area contributed by atoms with Crippen molar-refractivity contribution in [1.29, 1.82) is 0 Å². The van der Waals surface area contributed by atoms with Crippen molar-refractivity contribution in [3.05, 3.63) is 83.8 Å². The van der Waals surface area contributed by atoms with E-state index in [2.05, 4.69) is 9.97 Å². The minimum absolute atomic E-state index is 0.170. The first kappa shape index (κ1) is 18.1. The number of ether oxygens (including phenoxy) is 1. The Balaban J connectivity index is 1.26. The molecule has 0 aliphatic rings. The smallest absolute Gasteiger partial charge is 0.306 e. The largest absolute Gasteiger partial charge is 0.459 e. The van der Waals surface area contributed by atoms with Crippen LogP contribution in [0.25, 0.3) is 21.9 Å². The molecule has 0 amide bonds. The van der Waals surface area contributed by atoms with Crippen LogP contribution in [0.1, 0.15) is 18.0 Å². The molecule has 0 aliphatic carbocycles. The van der Waals surface area contributed by atoms with Crippen LogP contribution in [-0.2, 0) is 22.6 Å². The van der Waals surface area contributed by atoms with E-state index in [0.717, 1.165) is 21.8 Å². The van der Waals surface area contributed by atoms with Gasteiger partial charge in [0.1, 0.15) is 11.6 Å². The number of oxazole rings is 1. The molecule has 0 N–H and O–H groups in total. The number of hydrogen-bond donors (Lipinski definition) is 0.